The van der Waals surface area contributed by atoms with Gasteiger partial charge < -0.3 is 4.57 Å². The maximum absolute atomic E-state index is 12.7. The van der Waals surface area contributed by atoms with Crippen molar-refractivity contribution in [3.8, 4) is 0 Å². The molecule has 0 radical (unpaired) electrons. The summed E-state index contributed by atoms with van der Waals surface area (Å²) in [5, 5.41) is 0.723. The van der Waals surface area contributed by atoms with Crippen LogP contribution in [0.15, 0.2) is 70.1 Å². The smallest absolute Gasteiger partial charge is 0.189 e. The van der Waals surface area contributed by atoms with Gasteiger partial charge in [-0.3, -0.25) is 14.5 Å². The third kappa shape index (κ3) is 3.75. The van der Waals surface area contributed by atoms with Crippen LogP contribution in [0.4, 0.5) is 0 Å². The normalized spacial score (nSPS) is 15.9. The Morgan fingerprint density at radius 2 is 1.74 bits per heavy atom. The molecule has 1 aliphatic heterocycles. The zero-order valence-corrected chi connectivity index (χ0v) is 16.6. The maximum atomic E-state index is 12.7. The molecule has 0 N–H and O–H groups in total. The molecule has 1 fully saturated rings. The van der Waals surface area contributed by atoms with E-state index < -0.39 is 0 Å². The number of nitrogens with zero attached hydrogens (tertiary/aromatic N) is 2. The third-order valence-electron chi connectivity index (χ3n) is 5.31. The molecule has 27 heavy (non-hydrogen) atoms. The summed E-state index contributed by atoms with van der Waals surface area (Å²) in [6.45, 7) is 2.47. The number of piperidine rings is 1. The molecule has 2 heterocycles. The van der Waals surface area contributed by atoms with E-state index in [1.165, 1.54) is 0 Å². The lowest BCUT2D eigenvalue weighted by molar-refractivity contribution is 0.0813. The fraction of sp³-hybridized carbons (Fsp3) is 0.273. The summed E-state index contributed by atoms with van der Waals surface area (Å²) in [5.41, 5.74) is 1.77. The van der Waals surface area contributed by atoms with E-state index in [4.69, 9.17) is 0 Å². The predicted octanol–water partition coefficient (Wildman–Crippen LogP) is 4.32. The minimum Gasteiger partial charge on any atom is -0.333 e. The summed E-state index contributed by atoms with van der Waals surface area (Å²) in [6, 6.07) is 16.9. The second kappa shape index (κ2) is 7.79. The summed E-state index contributed by atoms with van der Waals surface area (Å²) in [7, 11) is 0. The van der Waals surface area contributed by atoms with Crippen molar-refractivity contribution in [1.82, 2.24) is 9.47 Å². The average Bonchev–Trinajstić information content (AvgIpc) is 2.71. The number of halogens is 1. The van der Waals surface area contributed by atoms with Crippen molar-refractivity contribution in [2.24, 2.45) is 5.92 Å². The first kappa shape index (κ1) is 18.1. The zero-order valence-electron chi connectivity index (χ0n) is 15.0. The van der Waals surface area contributed by atoms with Crippen LogP contribution in [-0.4, -0.2) is 28.3 Å². The quantitative estimate of drug-likeness (QED) is 0.585. The molecular formula is C22H21BrN2O2. The molecular weight excluding hydrogens is 404 g/mol. The molecule has 0 saturated carbocycles. The highest BCUT2D eigenvalue weighted by molar-refractivity contribution is 9.10. The molecule has 2 aromatic carbocycles. The van der Waals surface area contributed by atoms with Crippen LogP contribution in [0.3, 0.4) is 0 Å². The second-order valence-corrected chi connectivity index (χ2v) is 7.90. The van der Waals surface area contributed by atoms with Gasteiger partial charge in [-0.1, -0.05) is 36.4 Å². The number of rotatable bonds is 4. The summed E-state index contributed by atoms with van der Waals surface area (Å²) in [5.74, 6) is 0.355. The molecule has 4 rings (SSSR count). The van der Waals surface area contributed by atoms with Gasteiger partial charge in [-0.25, -0.2) is 0 Å². The van der Waals surface area contributed by atoms with E-state index >= 15 is 0 Å². The van der Waals surface area contributed by atoms with Gasteiger partial charge in [0.1, 0.15) is 0 Å². The summed E-state index contributed by atoms with van der Waals surface area (Å²) >= 11 is 3.58. The number of benzene rings is 2. The van der Waals surface area contributed by atoms with Crippen molar-refractivity contribution in [2.75, 3.05) is 13.1 Å². The SMILES string of the molecule is O=C(c1ccccc1)C1CCN(Cn2ccc(=O)c3cccc(Br)c32)CC1. The van der Waals surface area contributed by atoms with Crippen molar-refractivity contribution in [1.29, 1.82) is 0 Å². The van der Waals surface area contributed by atoms with E-state index in [0.717, 1.165) is 46.9 Å². The number of fused-ring (bicyclic) bond motifs is 1. The Balaban J connectivity index is 1.47. The molecule has 4 nitrogen and oxygen atoms in total. The Bertz CT molecular complexity index is 1020. The lowest BCUT2D eigenvalue weighted by Gasteiger charge is -2.32. The molecule has 1 aliphatic rings. The van der Waals surface area contributed by atoms with E-state index in [1.807, 2.05) is 54.7 Å². The Morgan fingerprint density at radius 1 is 1.00 bits per heavy atom. The standard InChI is InChI=1S/C22H21BrN2O2/c23-19-8-4-7-18-20(26)11-14-25(21(18)19)15-24-12-9-17(10-13-24)22(27)16-5-2-1-3-6-16/h1-8,11,14,17H,9-10,12-13,15H2. The number of carbonyl (C=O) groups is 1. The topological polar surface area (TPSA) is 42.3 Å². The van der Waals surface area contributed by atoms with Gasteiger partial charge in [0.15, 0.2) is 11.2 Å². The maximum Gasteiger partial charge on any atom is 0.189 e. The number of hydrogen-bond donors (Lipinski definition) is 0. The Morgan fingerprint density at radius 3 is 2.48 bits per heavy atom. The number of likely N-dealkylation sites (tertiary alicyclic amines) is 1. The van der Waals surface area contributed by atoms with Crippen molar-refractivity contribution >= 4 is 32.6 Å². The minimum atomic E-state index is 0.0368. The van der Waals surface area contributed by atoms with Crippen LogP contribution in [0.5, 0.6) is 0 Å². The third-order valence-corrected chi connectivity index (χ3v) is 5.95. The van der Waals surface area contributed by atoms with Gasteiger partial charge in [-0.15, -0.1) is 0 Å². The van der Waals surface area contributed by atoms with Crippen molar-refractivity contribution < 1.29 is 4.79 Å². The molecule has 0 spiro atoms. The van der Waals surface area contributed by atoms with Crippen molar-refractivity contribution in [2.45, 2.75) is 19.5 Å². The van der Waals surface area contributed by atoms with Crippen LogP contribution in [0, 0.1) is 5.92 Å². The molecule has 0 aliphatic carbocycles. The van der Waals surface area contributed by atoms with Gasteiger partial charge in [0.05, 0.1) is 12.2 Å². The average molecular weight is 425 g/mol. The first-order chi connectivity index (χ1) is 13.1. The highest BCUT2D eigenvalue weighted by Gasteiger charge is 2.25. The Hall–Kier alpha value is -2.24. The van der Waals surface area contributed by atoms with E-state index in [-0.39, 0.29) is 17.1 Å². The van der Waals surface area contributed by atoms with Crippen LogP contribution < -0.4 is 5.43 Å². The Labute approximate surface area is 166 Å². The largest absolute Gasteiger partial charge is 0.333 e. The van der Waals surface area contributed by atoms with Crippen molar-refractivity contribution in [3.05, 3.63) is 81.1 Å². The van der Waals surface area contributed by atoms with Gasteiger partial charge in [0.25, 0.3) is 0 Å². The van der Waals surface area contributed by atoms with E-state index in [2.05, 4.69) is 25.4 Å². The Kier molecular flexibility index (Phi) is 5.23. The lowest BCUT2D eigenvalue weighted by atomic mass is 9.89. The summed E-state index contributed by atoms with van der Waals surface area (Å²) in [4.78, 5) is 27.1. The fourth-order valence-electron chi connectivity index (χ4n) is 3.84. The summed E-state index contributed by atoms with van der Waals surface area (Å²) in [6.07, 6.45) is 3.59. The number of hydrogen-bond acceptors (Lipinski definition) is 3. The van der Waals surface area contributed by atoms with Gasteiger partial charge in [-0.2, -0.15) is 0 Å². The number of aromatic nitrogens is 1. The van der Waals surface area contributed by atoms with Gasteiger partial charge >= 0.3 is 0 Å². The number of ketones is 1. The number of carbonyl (C=O) groups excluding carboxylic acids is 1. The highest BCUT2D eigenvalue weighted by atomic mass is 79.9. The monoisotopic (exact) mass is 424 g/mol. The highest BCUT2D eigenvalue weighted by Crippen LogP contribution is 2.25. The predicted molar refractivity (Wildman–Crippen MR) is 111 cm³/mol. The summed E-state index contributed by atoms with van der Waals surface area (Å²) < 4.78 is 3.03. The van der Waals surface area contributed by atoms with Crippen LogP contribution in [0.25, 0.3) is 10.9 Å². The first-order valence-corrected chi connectivity index (χ1v) is 10.0. The molecule has 1 aromatic heterocycles. The minimum absolute atomic E-state index is 0.0368. The number of para-hydroxylation sites is 1. The molecule has 0 bridgehead atoms. The molecule has 5 heteroatoms. The lowest BCUT2D eigenvalue weighted by Crippen LogP contribution is -2.37. The van der Waals surface area contributed by atoms with E-state index in [0.29, 0.717) is 6.67 Å². The number of Topliss-reactive ketones (excluding diaryl/α,β-unsaturated/α-hetero) is 1. The molecule has 1 saturated heterocycles. The molecule has 0 unspecified atom stereocenters. The van der Waals surface area contributed by atoms with Crippen molar-refractivity contribution in [3.63, 3.8) is 0 Å². The van der Waals surface area contributed by atoms with Crippen LogP contribution in [0.2, 0.25) is 0 Å². The van der Waals surface area contributed by atoms with E-state index in [1.54, 1.807) is 6.07 Å². The van der Waals surface area contributed by atoms with E-state index in [9.17, 15) is 9.59 Å². The fourth-order valence-corrected chi connectivity index (χ4v) is 4.43. The van der Waals surface area contributed by atoms with Crippen LogP contribution in [-0.2, 0) is 6.67 Å². The van der Waals surface area contributed by atoms with Gasteiger partial charge in [0.2, 0.25) is 0 Å². The number of pyridine rings is 1. The molecule has 138 valence electrons. The van der Waals surface area contributed by atoms with Gasteiger partial charge in [-0.05, 0) is 40.9 Å². The van der Waals surface area contributed by atoms with Gasteiger partial charge in [0, 0.05) is 46.7 Å². The molecule has 0 amide bonds. The first-order valence-electron chi connectivity index (χ1n) is 9.23. The van der Waals surface area contributed by atoms with Crippen LogP contribution in [0.1, 0.15) is 23.2 Å². The molecule has 3 aromatic rings. The molecule has 0 atom stereocenters. The zero-order chi connectivity index (χ0) is 18.8. The second-order valence-electron chi connectivity index (χ2n) is 7.05. The van der Waals surface area contributed by atoms with Crippen LogP contribution >= 0.6 is 15.9 Å².